The lowest BCUT2D eigenvalue weighted by molar-refractivity contribution is -0.133. The van der Waals surface area contributed by atoms with Crippen LogP contribution < -0.4 is 53.2 Å². The highest BCUT2D eigenvalue weighted by atomic mass is 16.6. The molecule has 1 rings (SSSR count). The molecule has 4 unspecified atom stereocenters. The van der Waals surface area contributed by atoms with E-state index in [1.807, 2.05) is 7.05 Å². The Labute approximate surface area is 590 Å². The molecule has 0 bridgehead atoms. The summed E-state index contributed by atoms with van der Waals surface area (Å²) in [4.78, 5) is 126. The SMILES string of the molecule is CCCCCCCCC=CCCCCCCCC(=O)NC(CCCCNC(=O)C(CCCCNC(=O)OC(C)(C)C)NC(=O)C(CCCCNC(=O)OC(C)(C)C)NC(=O)C(CCCCNC(=O)OC(C)(C)C)NC(=O)OC(C)(C)C)C(=O)NCCCN1CCN(CCCNC)CC1. The van der Waals surface area contributed by atoms with Crippen molar-refractivity contribution in [2.75, 3.05) is 85.6 Å². The van der Waals surface area contributed by atoms with Gasteiger partial charge in [-0.25, -0.2) is 19.2 Å². The molecule has 0 spiro atoms. The number of piperazine rings is 1. The second-order valence-electron chi connectivity index (χ2n) is 30.1. The van der Waals surface area contributed by atoms with Crippen LogP contribution in [0.1, 0.15) is 270 Å². The Morgan fingerprint density at radius 1 is 0.347 bits per heavy atom. The van der Waals surface area contributed by atoms with E-state index in [1.165, 1.54) is 38.5 Å². The van der Waals surface area contributed by atoms with Crippen LogP contribution in [-0.2, 0) is 42.9 Å². The topological polar surface area (TPSA) is 317 Å². The first-order chi connectivity index (χ1) is 46.3. The van der Waals surface area contributed by atoms with E-state index in [4.69, 9.17) is 18.9 Å². The summed E-state index contributed by atoms with van der Waals surface area (Å²) in [5, 5.41) is 28.8. The van der Waals surface area contributed by atoms with Crippen LogP contribution in [0.2, 0.25) is 0 Å². The van der Waals surface area contributed by atoms with E-state index < -0.39 is 88.7 Å². The minimum absolute atomic E-state index is 0.0678. The molecule has 1 saturated heterocycles. The Hall–Kier alpha value is -5.95. The lowest BCUT2D eigenvalue weighted by Crippen LogP contribution is -2.57. The third-order valence-electron chi connectivity index (χ3n) is 15.9. The number of ether oxygens (including phenoxy) is 4. The highest BCUT2D eigenvalue weighted by Crippen LogP contribution is 2.16. The summed E-state index contributed by atoms with van der Waals surface area (Å²) >= 11 is 0. The lowest BCUT2D eigenvalue weighted by Gasteiger charge is -2.34. The Morgan fingerprint density at radius 2 is 0.663 bits per heavy atom. The van der Waals surface area contributed by atoms with Gasteiger partial charge in [0.25, 0.3) is 0 Å². The number of nitrogens with one attached hydrogen (secondary N) is 10. The summed E-state index contributed by atoms with van der Waals surface area (Å²) in [7, 11) is 1.97. The van der Waals surface area contributed by atoms with Crippen LogP contribution in [0.15, 0.2) is 12.2 Å². The summed E-state index contributed by atoms with van der Waals surface area (Å²) in [6, 6.07) is -4.29. The van der Waals surface area contributed by atoms with Crippen molar-refractivity contribution in [3.63, 3.8) is 0 Å². The predicted octanol–water partition coefficient (Wildman–Crippen LogP) is 10.5. The molecule has 9 amide bonds. The highest BCUT2D eigenvalue weighted by Gasteiger charge is 2.32. The molecule has 25 nitrogen and oxygen atoms in total. The molecular formula is C73H138N12O13. The zero-order valence-corrected chi connectivity index (χ0v) is 63.5. The second kappa shape index (κ2) is 52.1. The van der Waals surface area contributed by atoms with Crippen LogP contribution in [0.4, 0.5) is 19.2 Å². The van der Waals surface area contributed by atoms with E-state index in [2.05, 4.69) is 82.0 Å². The third-order valence-corrected chi connectivity index (χ3v) is 15.9. The molecular weight excluding hydrogens is 1250 g/mol. The molecule has 25 heteroatoms. The molecule has 568 valence electrons. The first kappa shape index (κ1) is 90.1. The monoisotopic (exact) mass is 1390 g/mol. The van der Waals surface area contributed by atoms with Gasteiger partial charge in [-0.1, -0.05) is 70.4 Å². The minimum Gasteiger partial charge on any atom is -0.444 e. The van der Waals surface area contributed by atoms with Gasteiger partial charge in [0.2, 0.25) is 29.5 Å². The summed E-state index contributed by atoms with van der Waals surface area (Å²) in [5.41, 5.74) is -3.03. The Bertz CT molecular complexity index is 2270. The predicted molar refractivity (Wildman–Crippen MR) is 389 cm³/mol. The number of alkyl carbamates (subject to hydrolysis) is 4. The van der Waals surface area contributed by atoms with Crippen LogP contribution in [-0.4, -0.2) is 196 Å². The standard InChI is InChI=1S/C73H138N12O13/c1-15-16-17-18-19-20-21-22-23-24-25-26-27-28-29-44-61(86)80-57(62(87)76-50-39-52-85-55-53-84(54-56-85)51-38-45-74-14)40-30-34-46-75-63(88)58(41-31-35-47-77-66(91)95-70(2,3)4)81-64(89)59(42-32-36-48-78-67(92)96-71(5,6)7)82-65(90)60(83-69(94)98-73(11,12)13)43-33-37-49-79-68(93)97-72(8,9)10/h22-23,57-60,74H,15-21,24-56H2,1-14H3,(H,75,88)(H,76,87)(H,77,91)(H,78,92)(H,79,93)(H,80,86)(H,81,89)(H,82,90)(H,83,94). The first-order valence-electron chi connectivity index (χ1n) is 37.4. The number of nitrogens with zero attached hydrogens (tertiary/aromatic N) is 2. The van der Waals surface area contributed by atoms with Gasteiger partial charge < -0.3 is 81.9 Å². The van der Waals surface area contributed by atoms with E-state index in [1.54, 1.807) is 83.1 Å². The van der Waals surface area contributed by atoms with Gasteiger partial charge in [0.05, 0.1) is 0 Å². The van der Waals surface area contributed by atoms with Crippen molar-refractivity contribution in [3.05, 3.63) is 12.2 Å². The average Bonchev–Trinajstić information content (AvgIpc) is 0.884. The molecule has 0 aliphatic carbocycles. The van der Waals surface area contributed by atoms with Crippen LogP contribution in [0.3, 0.4) is 0 Å². The second-order valence-corrected chi connectivity index (χ2v) is 30.1. The first-order valence-corrected chi connectivity index (χ1v) is 37.4. The number of carbonyl (C=O) groups excluding carboxylic acids is 9. The van der Waals surface area contributed by atoms with Crippen molar-refractivity contribution in [1.29, 1.82) is 0 Å². The van der Waals surface area contributed by atoms with E-state index in [9.17, 15) is 43.2 Å². The smallest absolute Gasteiger partial charge is 0.408 e. The molecule has 4 atom stereocenters. The van der Waals surface area contributed by atoms with Gasteiger partial charge in [-0.2, -0.15) is 0 Å². The van der Waals surface area contributed by atoms with Gasteiger partial charge >= 0.3 is 24.4 Å². The molecule has 0 saturated carbocycles. The molecule has 10 N–H and O–H groups in total. The van der Waals surface area contributed by atoms with Gasteiger partial charge in [0.15, 0.2) is 0 Å². The maximum absolute atomic E-state index is 14.6. The normalized spacial score (nSPS) is 14.4. The highest BCUT2D eigenvalue weighted by molar-refractivity contribution is 5.94. The fourth-order valence-electron chi connectivity index (χ4n) is 10.8. The van der Waals surface area contributed by atoms with Gasteiger partial charge in [-0.3, -0.25) is 24.0 Å². The molecule has 1 heterocycles. The lowest BCUT2D eigenvalue weighted by atomic mass is 10.0. The largest absolute Gasteiger partial charge is 0.444 e. The van der Waals surface area contributed by atoms with Crippen LogP contribution in [0.5, 0.6) is 0 Å². The maximum Gasteiger partial charge on any atom is 0.408 e. The van der Waals surface area contributed by atoms with Crippen molar-refractivity contribution in [3.8, 4) is 0 Å². The Morgan fingerprint density at radius 3 is 1.05 bits per heavy atom. The molecule has 1 fully saturated rings. The summed E-state index contributed by atoms with van der Waals surface area (Å²) in [6.45, 7) is 31.3. The number of hydrogen-bond acceptors (Lipinski definition) is 16. The summed E-state index contributed by atoms with van der Waals surface area (Å²) < 4.78 is 21.6. The van der Waals surface area contributed by atoms with Gasteiger partial charge in [-0.05, 0) is 232 Å². The Kier molecular flexibility index (Phi) is 47.9. The molecule has 0 aromatic carbocycles. The zero-order chi connectivity index (χ0) is 73.3. The minimum atomic E-state index is -1.23. The van der Waals surface area contributed by atoms with Crippen molar-refractivity contribution >= 4 is 53.9 Å². The number of carbonyl (C=O) groups is 9. The maximum atomic E-state index is 14.6. The number of rotatable bonds is 51. The number of hydrogen-bond donors (Lipinski definition) is 10. The van der Waals surface area contributed by atoms with Crippen molar-refractivity contribution < 1.29 is 62.1 Å². The summed E-state index contributed by atoms with van der Waals surface area (Å²) in [5.74, 6) is -2.27. The van der Waals surface area contributed by atoms with Crippen LogP contribution in [0.25, 0.3) is 0 Å². The van der Waals surface area contributed by atoms with Crippen LogP contribution >= 0.6 is 0 Å². The van der Waals surface area contributed by atoms with E-state index >= 15 is 0 Å². The van der Waals surface area contributed by atoms with Gasteiger partial charge in [0, 0.05) is 65.3 Å². The van der Waals surface area contributed by atoms with Crippen molar-refractivity contribution in [1.82, 2.24) is 63.0 Å². The van der Waals surface area contributed by atoms with Crippen molar-refractivity contribution in [2.24, 2.45) is 0 Å². The van der Waals surface area contributed by atoms with E-state index in [-0.39, 0.29) is 57.3 Å². The molecule has 1 aliphatic rings. The molecule has 0 aromatic heterocycles. The molecule has 1 aliphatic heterocycles. The van der Waals surface area contributed by atoms with Crippen molar-refractivity contribution in [2.45, 2.75) is 316 Å². The average molecular weight is 1390 g/mol. The van der Waals surface area contributed by atoms with Gasteiger partial charge in [0.1, 0.15) is 46.6 Å². The number of unbranched alkanes of at least 4 members (excludes halogenated alkanes) is 15. The van der Waals surface area contributed by atoms with E-state index in [0.29, 0.717) is 70.8 Å². The zero-order valence-electron chi connectivity index (χ0n) is 63.5. The summed E-state index contributed by atoms with van der Waals surface area (Å²) in [6.07, 6.45) is 23.0. The van der Waals surface area contributed by atoms with Gasteiger partial charge in [-0.15, -0.1) is 0 Å². The fraction of sp³-hybridized carbons (Fsp3) is 0.849. The Balaban J connectivity index is 3.31. The number of allylic oxidation sites excluding steroid dienone is 2. The molecule has 0 radical (unpaired) electrons. The number of amides is 9. The van der Waals surface area contributed by atoms with E-state index in [0.717, 1.165) is 104 Å². The third kappa shape index (κ3) is 52.1. The fourth-order valence-corrected chi connectivity index (χ4v) is 10.8. The quantitative estimate of drug-likeness (QED) is 0.0154. The molecule has 0 aromatic rings. The molecule has 98 heavy (non-hydrogen) atoms. The van der Waals surface area contributed by atoms with Crippen LogP contribution in [0, 0.1) is 0 Å².